The van der Waals surface area contributed by atoms with E-state index in [1.165, 1.54) is 5.56 Å². The van der Waals surface area contributed by atoms with Crippen LogP contribution in [0.1, 0.15) is 36.3 Å². The highest BCUT2D eigenvalue weighted by Crippen LogP contribution is 2.42. The monoisotopic (exact) mass is 429 g/mol. The number of carbonyl (C=O) groups excluding carboxylic acids is 1. The molecule has 4 atom stereocenters. The van der Waals surface area contributed by atoms with Gasteiger partial charge in [-0.15, -0.1) is 0 Å². The van der Waals surface area contributed by atoms with Gasteiger partial charge in [0.15, 0.2) is 0 Å². The smallest absolute Gasteiger partial charge is 0.311 e. The van der Waals surface area contributed by atoms with Gasteiger partial charge in [0.25, 0.3) is 0 Å². The molecule has 0 saturated carbocycles. The average Bonchev–Trinajstić information content (AvgIpc) is 2.94. The molecule has 0 aliphatic carbocycles. The van der Waals surface area contributed by atoms with E-state index in [1.54, 1.807) is 0 Å². The minimum absolute atomic E-state index is 0.141. The number of ether oxygens (including phenoxy) is 1. The van der Waals surface area contributed by atoms with Crippen molar-refractivity contribution in [2.75, 3.05) is 13.3 Å². The van der Waals surface area contributed by atoms with E-state index in [0.29, 0.717) is 6.04 Å². The third kappa shape index (κ3) is 3.76. The Hall–Kier alpha value is -0.950. The molecule has 3 rings (SSSR count). The predicted octanol–water partition coefficient (Wildman–Crippen LogP) is 3.83. The molecule has 0 unspecified atom stereocenters. The number of carbonyl (C=O) groups is 1. The number of rotatable bonds is 5. The molecule has 3 nitrogen and oxygen atoms in total. The number of halogens is 2. The fourth-order valence-electron chi connectivity index (χ4n) is 3.89. The van der Waals surface area contributed by atoms with Gasteiger partial charge in [-0.2, -0.15) is 0 Å². The maximum atomic E-state index is 12.5. The van der Waals surface area contributed by atoms with Crippen LogP contribution in [0.5, 0.6) is 0 Å². The van der Waals surface area contributed by atoms with Crippen molar-refractivity contribution in [3.63, 3.8) is 0 Å². The number of hydrogen-bond acceptors (Lipinski definition) is 3. The van der Waals surface area contributed by atoms with Crippen LogP contribution in [0, 0.1) is 5.92 Å². The molecule has 2 saturated heterocycles. The maximum Gasteiger partial charge on any atom is 0.311 e. The first-order valence-corrected chi connectivity index (χ1v) is 9.33. The normalized spacial score (nSPS) is 29.8. The molecule has 2 fully saturated rings. The number of fused-ring (bicyclic) bond motifs is 2. The lowest BCUT2D eigenvalue weighted by molar-refractivity contribution is -0.151. The van der Waals surface area contributed by atoms with Crippen LogP contribution in [0.2, 0.25) is 0 Å². The number of esters is 1. The molecule has 2 bridgehead atoms. The summed E-state index contributed by atoms with van der Waals surface area (Å²) in [5, 5.41) is 3.52. The lowest BCUT2D eigenvalue weighted by atomic mass is 9.77. The van der Waals surface area contributed by atoms with Gasteiger partial charge in [-0.3, -0.25) is 4.79 Å². The summed E-state index contributed by atoms with van der Waals surface area (Å²) in [6.45, 7) is -0.765. The Labute approximate surface area is 149 Å². The van der Waals surface area contributed by atoms with E-state index in [9.17, 15) is 9.18 Å². The van der Waals surface area contributed by atoms with E-state index in [1.807, 2.05) is 10.2 Å². The zero-order valence-electron chi connectivity index (χ0n) is 12.9. The second-order valence-corrected chi connectivity index (χ2v) is 6.95. The molecule has 5 heteroatoms. The lowest BCUT2D eigenvalue weighted by Crippen LogP contribution is -2.48. The highest BCUT2D eigenvalue weighted by Gasteiger charge is 2.46. The van der Waals surface area contributed by atoms with Crippen molar-refractivity contribution in [2.24, 2.45) is 5.92 Å². The number of piperidine rings is 1. The first kappa shape index (κ1) is 16.9. The fraction of sp³-hybridized carbons (Fsp3) is 0.500. The van der Waals surface area contributed by atoms with Crippen molar-refractivity contribution in [2.45, 2.75) is 37.3 Å². The van der Waals surface area contributed by atoms with E-state index >= 15 is 0 Å². The van der Waals surface area contributed by atoms with Gasteiger partial charge < -0.3 is 10.1 Å². The first-order chi connectivity index (χ1) is 11.2. The highest BCUT2D eigenvalue weighted by molar-refractivity contribution is 14.1. The number of benzene rings is 1. The van der Waals surface area contributed by atoms with Crippen molar-refractivity contribution in [1.82, 2.24) is 5.32 Å². The molecular weight excluding hydrogens is 408 g/mol. The second kappa shape index (κ2) is 7.75. The average molecular weight is 429 g/mol. The van der Waals surface area contributed by atoms with E-state index in [-0.39, 0.29) is 30.5 Å². The zero-order valence-corrected chi connectivity index (χ0v) is 15.0. The molecule has 124 valence electrons. The third-order valence-corrected chi connectivity index (χ3v) is 5.25. The van der Waals surface area contributed by atoms with E-state index in [2.05, 4.69) is 52.2 Å². The van der Waals surface area contributed by atoms with Crippen LogP contribution in [-0.2, 0) is 9.53 Å². The van der Waals surface area contributed by atoms with E-state index < -0.39 is 6.67 Å². The van der Waals surface area contributed by atoms with Gasteiger partial charge in [-0.1, -0.05) is 46.9 Å². The second-order valence-electron chi connectivity index (χ2n) is 6.23. The minimum Gasteiger partial charge on any atom is -0.463 e. The fourth-order valence-corrected chi connectivity index (χ4v) is 4.30. The summed E-state index contributed by atoms with van der Waals surface area (Å²) in [4.78, 5) is 12.5. The quantitative estimate of drug-likeness (QED) is 0.572. The molecule has 0 radical (unpaired) electrons. The molecule has 1 N–H and O–H groups in total. The lowest BCUT2D eigenvalue weighted by Gasteiger charge is -2.36. The number of nitrogens with one attached hydrogen (secondary N) is 1. The van der Waals surface area contributed by atoms with E-state index in [4.69, 9.17) is 4.74 Å². The summed E-state index contributed by atoms with van der Waals surface area (Å²) in [5.74, 6) is -0.327. The SMILES string of the molecule is O=C(OCCF)[C@H]1[C@@H](c2ccc(/C=C\I)cc2)C[C@@H]2CC[C@H]1N2. The van der Waals surface area contributed by atoms with Gasteiger partial charge in [-0.25, -0.2) is 4.39 Å². The summed E-state index contributed by atoms with van der Waals surface area (Å²) in [6.07, 6.45) is 5.08. The topological polar surface area (TPSA) is 38.3 Å². The largest absolute Gasteiger partial charge is 0.463 e. The molecule has 2 heterocycles. The first-order valence-electron chi connectivity index (χ1n) is 8.08. The highest BCUT2D eigenvalue weighted by atomic mass is 127. The van der Waals surface area contributed by atoms with Gasteiger partial charge >= 0.3 is 5.97 Å². The Morgan fingerprint density at radius 3 is 2.83 bits per heavy atom. The maximum absolute atomic E-state index is 12.5. The molecule has 0 amide bonds. The van der Waals surface area contributed by atoms with Crippen LogP contribution < -0.4 is 5.32 Å². The number of hydrogen-bond donors (Lipinski definition) is 1. The predicted molar refractivity (Wildman–Crippen MR) is 97.2 cm³/mol. The van der Waals surface area contributed by atoms with Gasteiger partial charge in [-0.05, 0) is 40.5 Å². The molecule has 0 spiro atoms. The Morgan fingerprint density at radius 2 is 2.13 bits per heavy atom. The third-order valence-electron chi connectivity index (χ3n) is 4.90. The zero-order chi connectivity index (χ0) is 16.2. The Balaban J connectivity index is 1.83. The summed E-state index contributed by atoms with van der Waals surface area (Å²) in [5.41, 5.74) is 2.33. The van der Waals surface area contributed by atoms with E-state index in [0.717, 1.165) is 24.8 Å². The minimum atomic E-state index is -0.624. The van der Waals surface area contributed by atoms with Crippen molar-refractivity contribution in [1.29, 1.82) is 0 Å². The Morgan fingerprint density at radius 1 is 1.35 bits per heavy atom. The van der Waals surface area contributed by atoms with Gasteiger partial charge in [0, 0.05) is 18.0 Å². The van der Waals surface area contributed by atoms with Crippen LogP contribution in [0.3, 0.4) is 0 Å². The molecular formula is C18H21FINO2. The summed E-state index contributed by atoms with van der Waals surface area (Å²) < 4.78 is 19.5. The van der Waals surface area contributed by atoms with Crippen molar-refractivity contribution < 1.29 is 13.9 Å². The van der Waals surface area contributed by atoms with Gasteiger partial charge in [0.05, 0.1) is 5.92 Å². The molecule has 23 heavy (non-hydrogen) atoms. The number of alkyl halides is 1. The molecule has 2 aliphatic rings. The van der Waals surface area contributed by atoms with Crippen LogP contribution >= 0.6 is 22.6 Å². The summed E-state index contributed by atoms with van der Waals surface area (Å²) >= 11 is 2.20. The summed E-state index contributed by atoms with van der Waals surface area (Å²) in [7, 11) is 0. The van der Waals surface area contributed by atoms with Crippen LogP contribution in [0.4, 0.5) is 4.39 Å². The van der Waals surface area contributed by atoms with Crippen molar-refractivity contribution in [3.05, 3.63) is 39.5 Å². The van der Waals surface area contributed by atoms with Crippen molar-refractivity contribution in [3.8, 4) is 0 Å². The standard InChI is InChI=1S/C18H21FINO2/c19-8-10-23-18(22)17-15(11-14-5-6-16(17)21-14)13-3-1-12(2-4-13)7-9-20/h1-4,7,9,14-17,21H,5-6,8,10-11H2/b9-7-/t14-,15+,16+,17-/m0/s1. The molecule has 1 aromatic carbocycles. The van der Waals surface area contributed by atoms with Crippen LogP contribution in [-0.4, -0.2) is 31.3 Å². The summed E-state index contributed by atoms with van der Waals surface area (Å²) in [6, 6.07) is 9.01. The Kier molecular flexibility index (Phi) is 5.69. The molecule has 0 aromatic heterocycles. The Bertz CT molecular complexity index is 575. The van der Waals surface area contributed by atoms with Gasteiger partial charge in [0.1, 0.15) is 13.3 Å². The van der Waals surface area contributed by atoms with Gasteiger partial charge in [0.2, 0.25) is 0 Å². The van der Waals surface area contributed by atoms with Crippen molar-refractivity contribution >= 4 is 34.6 Å². The van der Waals surface area contributed by atoms with Crippen LogP contribution in [0.15, 0.2) is 28.3 Å². The van der Waals surface area contributed by atoms with Crippen LogP contribution in [0.25, 0.3) is 6.08 Å². The molecule has 2 aliphatic heterocycles. The molecule has 1 aromatic rings.